The predicted molar refractivity (Wildman–Crippen MR) is 93.0 cm³/mol. The topological polar surface area (TPSA) is 33.8 Å². The summed E-state index contributed by atoms with van der Waals surface area (Å²) in [5.74, 6) is 0.108. The number of hydrogen-bond acceptors (Lipinski definition) is 2. The molecule has 0 amide bonds. The Bertz CT molecular complexity index is 635. The van der Waals surface area contributed by atoms with Crippen molar-refractivity contribution in [1.29, 1.82) is 0 Å². The number of nitrogens with zero attached hydrogens (tertiary/aromatic N) is 2. The Morgan fingerprint density at radius 1 is 1.17 bits per heavy atom. The summed E-state index contributed by atoms with van der Waals surface area (Å²) in [6.07, 6.45) is 15.9. The second kappa shape index (κ2) is 9.67. The van der Waals surface area contributed by atoms with Gasteiger partial charge in [0.2, 0.25) is 12.3 Å². The van der Waals surface area contributed by atoms with Gasteiger partial charge in [-0.3, -0.25) is 4.79 Å². The van der Waals surface area contributed by atoms with Crippen LogP contribution in [0, 0.1) is 0 Å². The van der Waals surface area contributed by atoms with Gasteiger partial charge in [-0.15, -0.1) is 0 Å². The predicted octanol–water partition coefficient (Wildman–Crippen LogP) is 4.24. The summed E-state index contributed by atoms with van der Waals surface area (Å²) >= 11 is 0. The van der Waals surface area contributed by atoms with E-state index in [1.165, 1.54) is 25.7 Å². The van der Waals surface area contributed by atoms with E-state index >= 15 is 0 Å². The molecule has 0 fully saturated rings. The van der Waals surface area contributed by atoms with Crippen LogP contribution in [-0.2, 0) is 6.54 Å². The summed E-state index contributed by atoms with van der Waals surface area (Å²) in [5.41, 5.74) is 1.63. The minimum absolute atomic E-state index is 0.108. The van der Waals surface area contributed by atoms with E-state index in [1.807, 2.05) is 53.4 Å². The third-order valence-corrected chi connectivity index (χ3v) is 3.71. The first-order valence-corrected chi connectivity index (χ1v) is 8.39. The van der Waals surface area contributed by atoms with Crippen LogP contribution >= 0.6 is 0 Å². The van der Waals surface area contributed by atoms with Gasteiger partial charge in [0.05, 0.1) is 6.20 Å². The van der Waals surface area contributed by atoms with Crippen LogP contribution in [0.4, 0.5) is 0 Å². The molecule has 0 atom stereocenters. The molecule has 3 heteroatoms. The van der Waals surface area contributed by atoms with E-state index in [9.17, 15) is 4.79 Å². The summed E-state index contributed by atoms with van der Waals surface area (Å²) in [4.78, 5) is 16.6. The number of rotatable bonds is 9. The molecule has 2 aromatic rings. The molecular weight excluding hydrogens is 284 g/mol. The first-order chi connectivity index (χ1) is 11.3. The number of benzene rings is 1. The number of carbonyl (C=O) groups excluding carboxylic acids is 1. The largest absolute Gasteiger partial charge is 0.287 e. The Kier molecular flexibility index (Phi) is 7.18. The van der Waals surface area contributed by atoms with Crippen molar-refractivity contribution in [3.63, 3.8) is 0 Å². The zero-order valence-corrected chi connectivity index (χ0v) is 13.8. The number of hydrogen-bond donors (Lipinski definition) is 0. The molecule has 23 heavy (non-hydrogen) atoms. The van der Waals surface area contributed by atoms with Gasteiger partial charge in [0.15, 0.2) is 12.4 Å². The maximum absolute atomic E-state index is 12.2. The van der Waals surface area contributed by atoms with Crippen LogP contribution in [0.1, 0.15) is 55.1 Å². The van der Waals surface area contributed by atoms with E-state index in [0.717, 1.165) is 17.7 Å². The van der Waals surface area contributed by atoms with Crippen molar-refractivity contribution in [1.82, 2.24) is 4.98 Å². The quantitative estimate of drug-likeness (QED) is 0.394. The lowest BCUT2D eigenvalue weighted by molar-refractivity contribution is -0.683. The van der Waals surface area contributed by atoms with Crippen molar-refractivity contribution in [3.8, 4) is 0 Å². The number of aromatic nitrogens is 2. The fourth-order valence-electron chi connectivity index (χ4n) is 2.41. The lowest BCUT2D eigenvalue weighted by atomic mass is 10.1. The molecule has 1 aromatic heterocycles. The average molecular weight is 309 g/mol. The smallest absolute Gasteiger partial charge is 0.227 e. The second-order valence-electron chi connectivity index (χ2n) is 5.69. The first-order valence-electron chi connectivity index (χ1n) is 8.39. The molecule has 1 heterocycles. The van der Waals surface area contributed by atoms with Gasteiger partial charge in [0.1, 0.15) is 5.69 Å². The molecule has 0 aliphatic carbocycles. The summed E-state index contributed by atoms with van der Waals surface area (Å²) in [7, 11) is 0. The Morgan fingerprint density at radius 3 is 2.78 bits per heavy atom. The van der Waals surface area contributed by atoms with Crippen LogP contribution in [0.2, 0.25) is 0 Å². The molecule has 0 spiro atoms. The monoisotopic (exact) mass is 309 g/mol. The normalized spacial score (nSPS) is 11.0. The minimum atomic E-state index is 0.108. The molecule has 0 saturated heterocycles. The summed E-state index contributed by atoms with van der Waals surface area (Å²) in [6, 6.07) is 9.39. The highest BCUT2D eigenvalue weighted by atomic mass is 16.1. The molecule has 0 aliphatic heterocycles. The third-order valence-electron chi connectivity index (χ3n) is 3.71. The maximum Gasteiger partial charge on any atom is 0.227 e. The molecule has 0 radical (unpaired) electrons. The molecule has 2 rings (SSSR count). The van der Waals surface area contributed by atoms with Crippen molar-refractivity contribution < 1.29 is 9.36 Å². The van der Waals surface area contributed by atoms with Gasteiger partial charge in [0.25, 0.3) is 0 Å². The Hall–Kier alpha value is -2.29. The molecule has 120 valence electrons. The highest BCUT2D eigenvalue weighted by molar-refractivity contribution is 5.94. The zero-order valence-electron chi connectivity index (χ0n) is 13.8. The van der Waals surface area contributed by atoms with Gasteiger partial charge in [0, 0.05) is 5.56 Å². The second-order valence-corrected chi connectivity index (χ2v) is 5.69. The van der Waals surface area contributed by atoms with Gasteiger partial charge >= 0.3 is 0 Å². The van der Waals surface area contributed by atoms with E-state index in [-0.39, 0.29) is 5.78 Å². The Labute approximate surface area is 138 Å². The molecule has 0 bridgehead atoms. The Balaban J connectivity index is 1.89. The van der Waals surface area contributed by atoms with E-state index in [4.69, 9.17) is 0 Å². The lowest BCUT2D eigenvalue weighted by Crippen LogP contribution is -2.37. The van der Waals surface area contributed by atoms with E-state index < -0.39 is 0 Å². The van der Waals surface area contributed by atoms with Crippen molar-refractivity contribution >= 4 is 11.9 Å². The lowest BCUT2D eigenvalue weighted by Gasteiger charge is -1.98. The Morgan fingerprint density at radius 2 is 2.00 bits per heavy atom. The molecule has 0 unspecified atom stereocenters. The van der Waals surface area contributed by atoms with E-state index in [1.54, 1.807) is 6.20 Å². The molecule has 3 nitrogen and oxygen atoms in total. The summed E-state index contributed by atoms with van der Waals surface area (Å²) in [6.45, 7) is 2.56. The van der Waals surface area contributed by atoms with Gasteiger partial charge in [-0.2, -0.15) is 4.57 Å². The standard InChI is InChI=1S/C20H25N2O/c1-2-3-4-5-6-10-13-19-16-22(15-14-21-19)17-20(23)18-11-8-7-9-12-18/h7-16H,2-6,17H2,1H3/q+1. The SMILES string of the molecule is CCCCCCC=Cc1c[n+](CC(=O)c2ccccc2)ccn1. The van der Waals surface area contributed by atoms with Crippen LogP contribution in [0.3, 0.4) is 0 Å². The van der Waals surface area contributed by atoms with Crippen molar-refractivity contribution in [2.45, 2.75) is 45.6 Å². The number of ketones is 1. The van der Waals surface area contributed by atoms with Crippen LogP contribution in [0.5, 0.6) is 0 Å². The van der Waals surface area contributed by atoms with Crippen molar-refractivity contribution in [2.75, 3.05) is 0 Å². The molecular formula is C20H25N2O+. The fraction of sp³-hybridized carbons (Fsp3) is 0.350. The highest BCUT2D eigenvalue weighted by Crippen LogP contribution is 2.05. The first kappa shape index (κ1) is 17.1. The maximum atomic E-state index is 12.2. The minimum Gasteiger partial charge on any atom is -0.287 e. The molecule has 0 N–H and O–H groups in total. The number of carbonyl (C=O) groups is 1. The summed E-state index contributed by atoms with van der Waals surface area (Å²) < 4.78 is 1.89. The van der Waals surface area contributed by atoms with Crippen LogP contribution in [0.25, 0.3) is 6.08 Å². The van der Waals surface area contributed by atoms with E-state index in [0.29, 0.717) is 6.54 Å². The van der Waals surface area contributed by atoms with Crippen LogP contribution < -0.4 is 4.57 Å². The van der Waals surface area contributed by atoms with Gasteiger partial charge in [-0.05, 0) is 18.9 Å². The number of Topliss-reactive ketones (excluding diaryl/α,β-unsaturated/α-hetero) is 1. The number of allylic oxidation sites excluding steroid dienone is 1. The highest BCUT2D eigenvalue weighted by Gasteiger charge is 2.11. The van der Waals surface area contributed by atoms with Gasteiger partial charge in [-0.1, -0.05) is 62.6 Å². The van der Waals surface area contributed by atoms with Crippen molar-refractivity contribution in [3.05, 3.63) is 66.3 Å². The van der Waals surface area contributed by atoms with Crippen LogP contribution in [-0.4, -0.2) is 10.8 Å². The van der Waals surface area contributed by atoms with Gasteiger partial charge in [-0.25, -0.2) is 4.98 Å². The average Bonchev–Trinajstić information content (AvgIpc) is 2.59. The number of unbranched alkanes of at least 4 members (excludes halogenated alkanes) is 4. The molecule has 0 saturated carbocycles. The van der Waals surface area contributed by atoms with Crippen LogP contribution in [0.15, 0.2) is 55.0 Å². The van der Waals surface area contributed by atoms with Crippen molar-refractivity contribution in [2.24, 2.45) is 0 Å². The molecule has 0 aliphatic rings. The third kappa shape index (κ3) is 6.15. The molecule has 1 aromatic carbocycles. The fourth-order valence-corrected chi connectivity index (χ4v) is 2.41. The summed E-state index contributed by atoms with van der Waals surface area (Å²) in [5, 5.41) is 0. The van der Waals surface area contributed by atoms with Gasteiger partial charge < -0.3 is 0 Å². The zero-order chi connectivity index (χ0) is 16.3. The van der Waals surface area contributed by atoms with E-state index in [2.05, 4.69) is 18.0 Å².